The minimum Gasteiger partial charge on any atom is -0.487 e. The number of nitro groups is 1. The number of hydrogen-bond acceptors (Lipinski definition) is 6. The molecular weight excluding hydrogens is 352 g/mol. The van der Waals surface area contributed by atoms with Crippen LogP contribution in [0.1, 0.15) is 30.1 Å². The summed E-state index contributed by atoms with van der Waals surface area (Å²) in [6.07, 6.45) is 1.66. The zero-order chi connectivity index (χ0) is 19.4. The highest BCUT2D eigenvalue weighted by Crippen LogP contribution is 2.29. The van der Waals surface area contributed by atoms with Crippen molar-refractivity contribution in [2.75, 3.05) is 39.3 Å². The Hall–Kier alpha value is -2.68. The Labute approximate surface area is 157 Å². The fourth-order valence-corrected chi connectivity index (χ4v) is 3.65. The number of rotatable bonds is 5. The zero-order valence-corrected chi connectivity index (χ0v) is 15.3. The van der Waals surface area contributed by atoms with Gasteiger partial charge in [-0.05, 0) is 31.9 Å². The van der Waals surface area contributed by atoms with Gasteiger partial charge in [-0.3, -0.25) is 19.7 Å². The summed E-state index contributed by atoms with van der Waals surface area (Å²) >= 11 is 0. The fraction of sp³-hybridized carbons (Fsp3) is 0.556. The minimum atomic E-state index is -0.541. The average Bonchev–Trinajstić information content (AvgIpc) is 2.68. The number of amides is 2. The van der Waals surface area contributed by atoms with Gasteiger partial charge in [0.25, 0.3) is 5.91 Å². The molecule has 9 nitrogen and oxygen atoms in total. The van der Waals surface area contributed by atoms with Crippen molar-refractivity contribution in [3.05, 3.63) is 33.9 Å². The van der Waals surface area contributed by atoms with Gasteiger partial charge in [0.1, 0.15) is 0 Å². The second kappa shape index (κ2) is 8.34. The zero-order valence-electron chi connectivity index (χ0n) is 15.3. The summed E-state index contributed by atoms with van der Waals surface area (Å²) in [4.78, 5) is 39.3. The molecule has 1 N–H and O–H groups in total. The standard InChI is InChI=1S/C18H24N4O5/c1-2-27-16-6-5-13(10-15(16)22(25)26)18(24)20-8-3-4-14(12-20)21-9-7-19-11-17(21)23/h5-6,10,14,19H,2-4,7-9,11-12H2,1H3. The molecule has 2 heterocycles. The Morgan fingerprint density at radius 2 is 2.22 bits per heavy atom. The van der Waals surface area contributed by atoms with E-state index in [-0.39, 0.29) is 34.9 Å². The number of piperidine rings is 1. The summed E-state index contributed by atoms with van der Waals surface area (Å²) < 4.78 is 5.27. The number of ether oxygens (including phenoxy) is 1. The lowest BCUT2D eigenvalue weighted by Gasteiger charge is -2.41. The molecule has 2 aliphatic heterocycles. The molecule has 9 heteroatoms. The Morgan fingerprint density at radius 3 is 2.93 bits per heavy atom. The van der Waals surface area contributed by atoms with Gasteiger partial charge in [-0.1, -0.05) is 0 Å². The third-order valence-electron chi connectivity index (χ3n) is 4.95. The number of carbonyl (C=O) groups excluding carboxylic acids is 2. The van der Waals surface area contributed by atoms with Crippen LogP contribution < -0.4 is 10.1 Å². The van der Waals surface area contributed by atoms with Crippen LogP contribution in [0.15, 0.2) is 18.2 Å². The van der Waals surface area contributed by atoms with Crippen LogP contribution in [0.4, 0.5) is 5.69 Å². The van der Waals surface area contributed by atoms with Crippen LogP contribution >= 0.6 is 0 Å². The van der Waals surface area contributed by atoms with Crippen molar-refractivity contribution in [3.8, 4) is 5.75 Å². The number of likely N-dealkylation sites (tertiary alicyclic amines) is 1. The maximum Gasteiger partial charge on any atom is 0.311 e. The predicted octanol–water partition coefficient (Wildman–Crippen LogP) is 1.03. The smallest absolute Gasteiger partial charge is 0.311 e. The van der Waals surface area contributed by atoms with Gasteiger partial charge < -0.3 is 19.9 Å². The van der Waals surface area contributed by atoms with E-state index in [1.54, 1.807) is 17.9 Å². The van der Waals surface area contributed by atoms with Crippen LogP contribution in [0, 0.1) is 10.1 Å². The van der Waals surface area contributed by atoms with Crippen molar-refractivity contribution in [1.29, 1.82) is 0 Å². The van der Waals surface area contributed by atoms with Crippen LogP contribution in [0.5, 0.6) is 5.75 Å². The molecule has 0 aliphatic carbocycles. The van der Waals surface area contributed by atoms with Crippen molar-refractivity contribution >= 4 is 17.5 Å². The van der Waals surface area contributed by atoms with Crippen molar-refractivity contribution < 1.29 is 19.2 Å². The summed E-state index contributed by atoms with van der Waals surface area (Å²) in [5, 5.41) is 14.3. The summed E-state index contributed by atoms with van der Waals surface area (Å²) in [5.41, 5.74) is 0.0472. The van der Waals surface area contributed by atoms with Crippen molar-refractivity contribution in [1.82, 2.24) is 15.1 Å². The van der Waals surface area contributed by atoms with E-state index in [9.17, 15) is 19.7 Å². The molecule has 27 heavy (non-hydrogen) atoms. The van der Waals surface area contributed by atoms with Crippen LogP contribution in [-0.4, -0.2) is 71.9 Å². The molecule has 2 aliphatic rings. The first-order valence-corrected chi connectivity index (χ1v) is 9.22. The summed E-state index contributed by atoms with van der Waals surface area (Å²) in [7, 11) is 0. The fourth-order valence-electron chi connectivity index (χ4n) is 3.65. The lowest BCUT2D eigenvalue weighted by molar-refractivity contribution is -0.385. The Bertz CT molecular complexity index is 738. The number of nitrogens with one attached hydrogen (secondary N) is 1. The molecule has 1 aromatic carbocycles. The van der Waals surface area contributed by atoms with Gasteiger partial charge in [-0.25, -0.2) is 0 Å². The van der Waals surface area contributed by atoms with Gasteiger partial charge >= 0.3 is 5.69 Å². The first-order chi connectivity index (χ1) is 13.0. The molecular formula is C18H24N4O5. The van der Waals surface area contributed by atoms with E-state index in [1.807, 2.05) is 4.90 Å². The van der Waals surface area contributed by atoms with Crippen LogP contribution in [0.3, 0.4) is 0 Å². The second-order valence-corrected chi connectivity index (χ2v) is 6.68. The first kappa shape index (κ1) is 19.1. The molecule has 1 unspecified atom stereocenters. The Kier molecular flexibility index (Phi) is 5.90. The van der Waals surface area contributed by atoms with Crippen molar-refractivity contribution in [3.63, 3.8) is 0 Å². The first-order valence-electron chi connectivity index (χ1n) is 9.22. The summed E-state index contributed by atoms with van der Waals surface area (Å²) in [6, 6.07) is 4.29. The highest BCUT2D eigenvalue weighted by atomic mass is 16.6. The molecule has 1 atom stereocenters. The maximum atomic E-state index is 12.9. The van der Waals surface area contributed by atoms with Gasteiger partial charge in [-0.15, -0.1) is 0 Å². The molecule has 146 valence electrons. The van der Waals surface area contributed by atoms with Gasteiger partial charge in [0, 0.05) is 43.9 Å². The third-order valence-corrected chi connectivity index (χ3v) is 4.95. The Balaban J connectivity index is 1.75. The lowest BCUT2D eigenvalue weighted by atomic mass is 10.0. The molecule has 0 radical (unpaired) electrons. The predicted molar refractivity (Wildman–Crippen MR) is 97.8 cm³/mol. The van der Waals surface area contributed by atoms with E-state index in [0.717, 1.165) is 19.4 Å². The molecule has 0 aromatic heterocycles. The minimum absolute atomic E-state index is 0.00464. The number of piperazine rings is 1. The number of nitro benzene ring substituents is 1. The van der Waals surface area contributed by atoms with Gasteiger partial charge in [0.15, 0.2) is 5.75 Å². The normalized spacial score (nSPS) is 20.5. The largest absolute Gasteiger partial charge is 0.487 e. The third kappa shape index (κ3) is 4.19. The van der Waals surface area contributed by atoms with E-state index in [2.05, 4.69) is 5.32 Å². The summed E-state index contributed by atoms with van der Waals surface area (Å²) in [5.74, 6) is -0.0485. The molecule has 0 spiro atoms. The molecule has 0 bridgehead atoms. The van der Waals surface area contributed by atoms with Crippen LogP contribution in [0.2, 0.25) is 0 Å². The van der Waals surface area contributed by atoms with Crippen molar-refractivity contribution in [2.24, 2.45) is 0 Å². The molecule has 0 saturated carbocycles. The monoisotopic (exact) mass is 376 g/mol. The van der Waals surface area contributed by atoms with E-state index < -0.39 is 4.92 Å². The molecule has 2 amide bonds. The highest BCUT2D eigenvalue weighted by molar-refractivity contribution is 5.95. The average molecular weight is 376 g/mol. The van der Waals surface area contributed by atoms with E-state index in [4.69, 9.17) is 4.74 Å². The number of benzene rings is 1. The number of carbonyl (C=O) groups is 2. The molecule has 2 fully saturated rings. The van der Waals surface area contributed by atoms with Crippen molar-refractivity contribution in [2.45, 2.75) is 25.8 Å². The molecule has 2 saturated heterocycles. The van der Waals surface area contributed by atoms with E-state index in [1.165, 1.54) is 12.1 Å². The topological polar surface area (TPSA) is 105 Å². The molecule has 3 rings (SSSR count). The highest BCUT2D eigenvalue weighted by Gasteiger charge is 2.32. The maximum absolute atomic E-state index is 12.9. The van der Waals surface area contributed by atoms with Gasteiger partial charge in [0.05, 0.1) is 18.1 Å². The summed E-state index contributed by atoms with van der Waals surface area (Å²) in [6.45, 7) is 4.80. The van der Waals surface area contributed by atoms with E-state index in [0.29, 0.717) is 32.8 Å². The second-order valence-electron chi connectivity index (χ2n) is 6.68. The number of hydrogen-bond donors (Lipinski definition) is 1. The van der Waals surface area contributed by atoms with E-state index >= 15 is 0 Å². The SMILES string of the molecule is CCOc1ccc(C(=O)N2CCCC(N3CCNCC3=O)C2)cc1[N+](=O)[O-]. The Morgan fingerprint density at radius 1 is 1.41 bits per heavy atom. The van der Waals surface area contributed by atoms with Crippen LogP contribution in [-0.2, 0) is 4.79 Å². The number of nitrogens with zero attached hydrogens (tertiary/aromatic N) is 3. The molecule has 1 aromatic rings. The van der Waals surface area contributed by atoms with Gasteiger partial charge in [-0.2, -0.15) is 0 Å². The van der Waals surface area contributed by atoms with Crippen LogP contribution in [0.25, 0.3) is 0 Å². The van der Waals surface area contributed by atoms with Gasteiger partial charge in [0.2, 0.25) is 5.91 Å². The lowest BCUT2D eigenvalue weighted by Crippen LogP contribution is -2.57. The quantitative estimate of drug-likeness (QED) is 0.608.